The van der Waals surface area contributed by atoms with Gasteiger partial charge in [0, 0.05) is 12.6 Å². The Bertz CT molecular complexity index is 364. The summed E-state index contributed by atoms with van der Waals surface area (Å²) in [5.74, 6) is 1.51. The molecule has 0 amide bonds. The second-order valence-electron chi connectivity index (χ2n) is 4.65. The summed E-state index contributed by atoms with van der Waals surface area (Å²) in [5, 5.41) is 13.2. The molecule has 0 aromatic heterocycles. The van der Waals surface area contributed by atoms with E-state index in [0.29, 0.717) is 26.1 Å². The zero-order chi connectivity index (χ0) is 14.1. The minimum absolute atomic E-state index is 0.306. The number of hydrogen-bond acceptors (Lipinski definition) is 4. The van der Waals surface area contributed by atoms with Gasteiger partial charge in [-0.15, -0.1) is 0 Å². The standard InChI is InChI=1S/C15H25NO3/c1-4-15(17,5-2)12-19-14-8-6-7-13(11-14)18-10-9-16-3/h6-8,11,16-17H,4-5,9-10,12H2,1-3H3. The third-order valence-electron chi connectivity index (χ3n) is 3.25. The zero-order valence-corrected chi connectivity index (χ0v) is 12.1. The Hall–Kier alpha value is -1.26. The van der Waals surface area contributed by atoms with E-state index in [9.17, 15) is 5.11 Å². The van der Waals surface area contributed by atoms with Gasteiger partial charge in [-0.05, 0) is 32.0 Å². The molecule has 1 aromatic carbocycles. The molecule has 0 aliphatic rings. The molecule has 0 fully saturated rings. The number of ether oxygens (including phenoxy) is 2. The van der Waals surface area contributed by atoms with Gasteiger partial charge in [-0.2, -0.15) is 0 Å². The molecule has 108 valence electrons. The van der Waals surface area contributed by atoms with E-state index in [1.165, 1.54) is 0 Å². The Labute approximate surface area is 115 Å². The molecule has 0 aliphatic carbocycles. The third kappa shape index (κ3) is 5.49. The Kier molecular flexibility index (Phi) is 6.67. The van der Waals surface area contributed by atoms with Gasteiger partial charge < -0.3 is 19.9 Å². The second kappa shape index (κ2) is 8.02. The van der Waals surface area contributed by atoms with Crippen LogP contribution in [0.2, 0.25) is 0 Å². The van der Waals surface area contributed by atoms with E-state index in [1.54, 1.807) is 0 Å². The normalized spacial score (nSPS) is 11.4. The lowest BCUT2D eigenvalue weighted by Crippen LogP contribution is -2.34. The first-order chi connectivity index (χ1) is 9.13. The molecule has 0 aliphatic heterocycles. The van der Waals surface area contributed by atoms with Crippen LogP contribution in [0.15, 0.2) is 24.3 Å². The van der Waals surface area contributed by atoms with E-state index < -0.39 is 5.60 Å². The minimum Gasteiger partial charge on any atom is -0.492 e. The van der Waals surface area contributed by atoms with Crippen molar-refractivity contribution in [1.82, 2.24) is 5.32 Å². The topological polar surface area (TPSA) is 50.7 Å². The van der Waals surface area contributed by atoms with Gasteiger partial charge in [-0.25, -0.2) is 0 Å². The Morgan fingerprint density at radius 2 is 1.79 bits per heavy atom. The quantitative estimate of drug-likeness (QED) is 0.674. The van der Waals surface area contributed by atoms with Crippen LogP contribution in [0.3, 0.4) is 0 Å². The fourth-order valence-corrected chi connectivity index (χ4v) is 1.60. The van der Waals surface area contributed by atoms with Crippen LogP contribution in [-0.2, 0) is 0 Å². The zero-order valence-electron chi connectivity index (χ0n) is 12.1. The van der Waals surface area contributed by atoms with Crippen LogP contribution >= 0.6 is 0 Å². The summed E-state index contributed by atoms with van der Waals surface area (Å²) in [6, 6.07) is 7.51. The van der Waals surface area contributed by atoms with Crippen LogP contribution in [-0.4, -0.2) is 37.5 Å². The molecule has 4 heteroatoms. The highest BCUT2D eigenvalue weighted by Crippen LogP contribution is 2.22. The highest BCUT2D eigenvalue weighted by atomic mass is 16.5. The van der Waals surface area contributed by atoms with Crippen LogP contribution in [0.25, 0.3) is 0 Å². The largest absolute Gasteiger partial charge is 0.492 e. The Morgan fingerprint density at radius 1 is 1.16 bits per heavy atom. The molecule has 0 saturated heterocycles. The predicted molar refractivity (Wildman–Crippen MR) is 76.9 cm³/mol. The van der Waals surface area contributed by atoms with Crippen molar-refractivity contribution in [2.45, 2.75) is 32.3 Å². The van der Waals surface area contributed by atoms with E-state index in [0.717, 1.165) is 18.0 Å². The lowest BCUT2D eigenvalue weighted by Gasteiger charge is -2.25. The van der Waals surface area contributed by atoms with Crippen LogP contribution in [0, 0.1) is 0 Å². The summed E-state index contributed by atoms with van der Waals surface area (Å²) in [4.78, 5) is 0. The first-order valence-corrected chi connectivity index (χ1v) is 6.86. The van der Waals surface area contributed by atoms with Crippen molar-refractivity contribution < 1.29 is 14.6 Å². The van der Waals surface area contributed by atoms with Crippen molar-refractivity contribution in [3.8, 4) is 11.5 Å². The molecular formula is C15H25NO3. The molecule has 4 nitrogen and oxygen atoms in total. The maximum Gasteiger partial charge on any atom is 0.123 e. The van der Waals surface area contributed by atoms with Gasteiger partial charge in [0.05, 0.1) is 5.60 Å². The fourth-order valence-electron chi connectivity index (χ4n) is 1.60. The summed E-state index contributed by atoms with van der Waals surface area (Å²) in [7, 11) is 1.89. The molecule has 19 heavy (non-hydrogen) atoms. The summed E-state index contributed by atoms with van der Waals surface area (Å²) in [5.41, 5.74) is -0.747. The number of hydrogen-bond donors (Lipinski definition) is 2. The van der Waals surface area contributed by atoms with Crippen molar-refractivity contribution in [3.63, 3.8) is 0 Å². The van der Waals surface area contributed by atoms with Gasteiger partial charge in [-0.3, -0.25) is 0 Å². The predicted octanol–water partition coefficient (Wildman–Crippen LogP) is 2.21. The molecule has 0 spiro atoms. The molecule has 0 atom stereocenters. The van der Waals surface area contributed by atoms with E-state index >= 15 is 0 Å². The van der Waals surface area contributed by atoms with Crippen molar-refractivity contribution in [1.29, 1.82) is 0 Å². The van der Waals surface area contributed by atoms with Gasteiger partial charge in [0.1, 0.15) is 24.7 Å². The molecule has 2 N–H and O–H groups in total. The molecule has 0 saturated carbocycles. The molecule has 0 bridgehead atoms. The maximum absolute atomic E-state index is 10.2. The smallest absolute Gasteiger partial charge is 0.123 e. The second-order valence-corrected chi connectivity index (χ2v) is 4.65. The monoisotopic (exact) mass is 267 g/mol. The molecular weight excluding hydrogens is 242 g/mol. The number of nitrogens with one attached hydrogen (secondary N) is 1. The van der Waals surface area contributed by atoms with Gasteiger partial charge in [0.2, 0.25) is 0 Å². The van der Waals surface area contributed by atoms with E-state index in [-0.39, 0.29) is 0 Å². The van der Waals surface area contributed by atoms with Crippen LogP contribution < -0.4 is 14.8 Å². The van der Waals surface area contributed by atoms with E-state index in [2.05, 4.69) is 5.32 Å². The number of aliphatic hydroxyl groups is 1. The number of likely N-dealkylation sites (N-methyl/N-ethyl adjacent to an activating group) is 1. The highest BCUT2D eigenvalue weighted by molar-refractivity contribution is 5.33. The van der Waals surface area contributed by atoms with Gasteiger partial charge >= 0.3 is 0 Å². The molecule has 1 rings (SSSR count). The molecule has 0 heterocycles. The van der Waals surface area contributed by atoms with Gasteiger partial charge in [-0.1, -0.05) is 19.9 Å². The average molecular weight is 267 g/mol. The van der Waals surface area contributed by atoms with E-state index in [4.69, 9.17) is 9.47 Å². The molecule has 1 aromatic rings. The Balaban J connectivity index is 2.52. The molecule has 0 radical (unpaired) electrons. The summed E-state index contributed by atoms with van der Waals surface area (Å²) >= 11 is 0. The number of rotatable bonds is 9. The Morgan fingerprint density at radius 3 is 2.37 bits per heavy atom. The van der Waals surface area contributed by atoms with Crippen LogP contribution in [0.1, 0.15) is 26.7 Å². The number of benzene rings is 1. The highest BCUT2D eigenvalue weighted by Gasteiger charge is 2.23. The summed E-state index contributed by atoms with van der Waals surface area (Å²) in [6.07, 6.45) is 1.36. The van der Waals surface area contributed by atoms with Crippen molar-refractivity contribution >= 4 is 0 Å². The minimum atomic E-state index is -0.747. The first kappa shape index (κ1) is 15.8. The third-order valence-corrected chi connectivity index (χ3v) is 3.25. The lowest BCUT2D eigenvalue weighted by atomic mass is 9.99. The van der Waals surface area contributed by atoms with E-state index in [1.807, 2.05) is 45.2 Å². The van der Waals surface area contributed by atoms with Gasteiger partial charge in [0.15, 0.2) is 0 Å². The average Bonchev–Trinajstić information content (AvgIpc) is 2.46. The van der Waals surface area contributed by atoms with Crippen molar-refractivity contribution in [3.05, 3.63) is 24.3 Å². The van der Waals surface area contributed by atoms with Crippen molar-refractivity contribution in [2.24, 2.45) is 0 Å². The molecule has 0 unspecified atom stereocenters. The fraction of sp³-hybridized carbons (Fsp3) is 0.600. The summed E-state index contributed by atoms with van der Waals surface area (Å²) < 4.78 is 11.2. The SMILES string of the molecule is CCC(O)(CC)COc1cccc(OCCNC)c1. The van der Waals surface area contributed by atoms with Crippen LogP contribution in [0.4, 0.5) is 0 Å². The van der Waals surface area contributed by atoms with Crippen LogP contribution in [0.5, 0.6) is 11.5 Å². The summed E-state index contributed by atoms with van der Waals surface area (Å²) in [6.45, 7) is 5.65. The first-order valence-electron chi connectivity index (χ1n) is 6.86. The lowest BCUT2D eigenvalue weighted by molar-refractivity contribution is -0.0114. The maximum atomic E-state index is 10.2. The van der Waals surface area contributed by atoms with Gasteiger partial charge in [0.25, 0.3) is 0 Å². The van der Waals surface area contributed by atoms with Crippen molar-refractivity contribution in [2.75, 3.05) is 26.8 Å².